The van der Waals surface area contributed by atoms with Crippen molar-refractivity contribution >= 4 is 294 Å². The van der Waals surface area contributed by atoms with Crippen LogP contribution in [-0.4, -0.2) is 5.15 Å². The SMILES string of the molecule is I[C](I)C(I)(I)C(I)(C(I)(I)I)C(I)(I)C(I)(I)I. The molecule has 0 aromatic heterocycles. The predicted octanol–water partition coefficient (Wildman–Crippen LogP) is 10.6. The van der Waals surface area contributed by atoms with Gasteiger partial charge in [-0.3, -0.25) is 0 Å². The van der Waals surface area contributed by atoms with E-state index in [4.69, 9.17) is 0 Å². The lowest BCUT2D eigenvalue weighted by atomic mass is 10.1. The van der Waals surface area contributed by atoms with Crippen molar-refractivity contribution in [1.82, 2.24) is 0 Å². The van der Waals surface area contributed by atoms with Gasteiger partial charge >= 0.3 is 0 Å². The van der Waals surface area contributed by atoms with Crippen LogP contribution in [0.15, 0.2) is 0 Å². The third kappa shape index (κ3) is 6.74. The van der Waals surface area contributed by atoms with E-state index < -0.39 is 0 Å². The van der Waals surface area contributed by atoms with E-state index in [1.807, 2.05) is 0 Å². The van der Waals surface area contributed by atoms with E-state index in [9.17, 15) is 0 Å². The van der Waals surface area contributed by atoms with Gasteiger partial charge in [0.1, 0.15) is 7.08 Å². The van der Waals surface area contributed by atoms with Crippen molar-refractivity contribution in [2.75, 3.05) is 0 Å². The highest BCUT2D eigenvalue weighted by Gasteiger charge is 2.73. The molecule has 0 aromatic carbocycles. The number of hydrogen-bond acceptors (Lipinski definition) is 0. The summed E-state index contributed by atoms with van der Waals surface area (Å²) in [5, 5.41) is 0. The van der Waals surface area contributed by atoms with Crippen LogP contribution >= 0.6 is 294 Å². The Balaban J connectivity index is 6.30. The number of alkyl halides is 11. The molecule has 0 aliphatic carbocycles. The fraction of sp³-hybridized carbons (Fsp3) is 0.833. The van der Waals surface area contributed by atoms with E-state index in [0.29, 0.717) is 0 Å². The topological polar surface area (TPSA) is 0 Å². The number of rotatable bonds is 5. The van der Waals surface area contributed by atoms with Crippen molar-refractivity contribution in [2.45, 2.75) is 5.15 Å². The summed E-state index contributed by atoms with van der Waals surface area (Å²) < 4.78 is 1.74. The average Bonchev–Trinajstić information content (AvgIpc) is 2.11. The summed E-state index contributed by atoms with van der Waals surface area (Å²) in [7, 11) is 0. The van der Waals surface area contributed by atoms with Crippen LogP contribution in [0.3, 0.4) is 0 Å². The fourth-order valence-electron chi connectivity index (χ4n) is 0.879. The Kier molecular flexibility index (Phi) is 16.0. The van der Waals surface area contributed by atoms with Crippen molar-refractivity contribution in [3.63, 3.8) is 0 Å². The Morgan fingerprint density at radius 1 is 0.526 bits per heavy atom. The van der Waals surface area contributed by atoms with E-state index in [1.54, 1.807) is 0 Å². The highest BCUT2D eigenvalue weighted by atomic mass is 127. The second-order valence-corrected chi connectivity index (χ2v) is 41.6. The van der Waals surface area contributed by atoms with Gasteiger partial charge in [0.25, 0.3) is 0 Å². The summed E-state index contributed by atoms with van der Waals surface area (Å²) in [4.78, 5) is 0. The molecule has 0 aliphatic rings. The van der Waals surface area contributed by atoms with Crippen LogP contribution in [-0.2, 0) is 0 Å². The molecule has 0 rings (SSSR count). The first-order valence-electron chi connectivity index (χ1n) is 3.71. The smallest absolute Gasteiger partial charge is 0.0708 e. The van der Waals surface area contributed by atoms with Gasteiger partial charge in [-0.25, -0.2) is 0 Å². The molecule has 0 saturated carbocycles. The lowest BCUT2D eigenvalue weighted by molar-refractivity contribution is 0.688. The van der Waals surface area contributed by atoms with Crippen LogP contribution in [0.5, 0.6) is 0 Å². The van der Waals surface area contributed by atoms with Gasteiger partial charge in [-0.2, -0.15) is 0 Å². The maximum absolute atomic E-state index is 2.71. The standard InChI is InChI=1S/C6I13/c7-1(8)2(9,10)3(11,5(14,15)16)4(12,13)6(17,18)19. The zero-order chi connectivity index (χ0) is 16.1. The van der Waals surface area contributed by atoms with Crippen LogP contribution in [0, 0.1) is 1.93 Å². The van der Waals surface area contributed by atoms with E-state index in [2.05, 4.69) is 294 Å². The molecule has 0 amide bonds. The molecule has 1 unspecified atom stereocenters. The molecule has 0 N–H and O–H groups in total. The maximum Gasteiger partial charge on any atom is 0.149 e. The second-order valence-electron chi connectivity index (χ2n) is 3.06. The Morgan fingerprint density at radius 2 is 0.842 bits per heavy atom. The average molecular weight is 1720 g/mol. The maximum atomic E-state index is 2.71. The Morgan fingerprint density at radius 3 is 1.00 bits per heavy atom. The number of halogens is 13. The zero-order valence-electron chi connectivity index (χ0n) is 7.91. The zero-order valence-corrected chi connectivity index (χ0v) is 36.0. The van der Waals surface area contributed by atoms with Crippen molar-refractivity contribution in [3.05, 3.63) is 1.93 Å². The predicted molar refractivity (Wildman–Crippen MR) is 199 cm³/mol. The van der Waals surface area contributed by atoms with Gasteiger partial charge in [0.05, 0.1) is 0 Å². The third-order valence-corrected chi connectivity index (χ3v) is 34.2. The van der Waals surface area contributed by atoms with Crippen LogP contribution in [0.2, 0.25) is 0 Å². The number of hydrogen-bond donors (Lipinski definition) is 0. The van der Waals surface area contributed by atoms with Gasteiger partial charge in [0.2, 0.25) is 0 Å². The molecular weight excluding hydrogens is 1720 g/mol. The molecule has 19 heavy (non-hydrogen) atoms. The lowest BCUT2D eigenvalue weighted by Crippen LogP contribution is -2.64. The van der Waals surface area contributed by atoms with Crippen LogP contribution in [0.1, 0.15) is 0 Å². The minimum Gasteiger partial charge on any atom is -0.0708 e. The summed E-state index contributed by atoms with van der Waals surface area (Å²) in [6, 6.07) is 0. The highest BCUT2D eigenvalue weighted by Crippen LogP contribution is 2.76. The summed E-state index contributed by atoms with van der Waals surface area (Å²) in [5.41, 5.74) is 0. The monoisotopic (exact) mass is 1720 g/mol. The normalized spacial score (nSPS) is 18.6. The highest BCUT2D eigenvalue weighted by molar-refractivity contribution is 14.3. The molecule has 1 radical (unpaired) electrons. The van der Waals surface area contributed by atoms with Gasteiger partial charge in [0.15, 0.2) is 0 Å². The minimum atomic E-state index is 0.0377. The van der Waals surface area contributed by atoms with Gasteiger partial charge in [0, 0.05) is 0 Å². The first-order valence-corrected chi connectivity index (χ1v) is 17.7. The molecule has 0 aromatic rings. The molecule has 0 aliphatic heterocycles. The largest absolute Gasteiger partial charge is 0.149 e. The molecule has 115 valence electrons. The summed E-state index contributed by atoms with van der Waals surface area (Å²) in [6.07, 6.45) is 0. The van der Waals surface area contributed by atoms with Crippen molar-refractivity contribution in [3.8, 4) is 0 Å². The summed E-state index contributed by atoms with van der Waals surface area (Å²) >= 11 is 33.7. The molecule has 0 bridgehead atoms. The van der Waals surface area contributed by atoms with Crippen molar-refractivity contribution in [1.29, 1.82) is 0 Å². The fourth-order valence-corrected chi connectivity index (χ4v) is 20.1. The Labute approximate surface area is 291 Å². The third-order valence-electron chi connectivity index (χ3n) is 1.85. The van der Waals surface area contributed by atoms with Crippen LogP contribution < -0.4 is 0 Å². The van der Waals surface area contributed by atoms with Crippen LogP contribution in [0.25, 0.3) is 0 Å². The van der Waals surface area contributed by atoms with Gasteiger partial charge in [-0.15, -0.1) is 0 Å². The molecule has 0 fully saturated rings. The van der Waals surface area contributed by atoms with E-state index in [0.717, 1.165) is 0 Å². The molecule has 0 nitrogen and oxygen atoms in total. The Bertz CT molecular complexity index is 321. The van der Waals surface area contributed by atoms with Crippen molar-refractivity contribution < 1.29 is 0 Å². The molecule has 0 heterocycles. The molecule has 0 saturated heterocycles. The minimum absolute atomic E-state index is 0.0377. The van der Waals surface area contributed by atoms with Gasteiger partial charge in [-0.1, -0.05) is 294 Å². The quantitative estimate of drug-likeness (QED) is 0.190. The lowest BCUT2D eigenvalue weighted by Gasteiger charge is -2.55. The first kappa shape index (κ1) is 28.5. The molecule has 0 spiro atoms. The van der Waals surface area contributed by atoms with Crippen LogP contribution in [0.4, 0.5) is 0 Å². The summed E-state index contributed by atoms with van der Waals surface area (Å²) in [6.45, 7) is 0. The summed E-state index contributed by atoms with van der Waals surface area (Å²) in [5.74, 6) is 0. The van der Waals surface area contributed by atoms with Gasteiger partial charge in [-0.05, 0) is 0 Å². The van der Waals surface area contributed by atoms with E-state index in [-0.39, 0.29) is 5.15 Å². The van der Waals surface area contributed by atoms with E-state index in [1.165, 1.54) is 1.93 Å². The van der Waals surface area contributed by atoms with Crippen molar-refractivity contribution in [2.24, 2.45) is 0 Å². The second kappa shape index (κ2) is 10.7. The molecular formula is C6I13. The van der Waals surface area contributed by atoms with Gasteiger partial charge < -0.3 is 0 Å². The first-order chi connectivity index (χ1) is 7.94. The Hall–Kier alpha value is 9.49. The van der Waals surface area contributed by atoms with E-state index >= 15 is 0 Å². The molecule has 13 heteroatoms. The molecule has 1 atom stereocenters.